The number of fused-ring (bicyclic) bond motifs is 1. The summed E-state index contributed by atoms with van der Waals surface area (Å²) >= 11 is 0. The molecule has 1 aliphatic carbocycles. The number of aryl methyl sites for hydroxylation is 2. The summed E-state index contributed by atoms with van der Waals surface area (Å²) in [6.45, 7) is 5.76. The Balaban J connectivity index is 1.71. The maximum absolute atomic E-state index is 12.7. The molecule has 3 rings (SSSR count). The third kappa shape index (κ3) is 5.07. The van der Waals surface area contributed by atoms with E-state index in [1.54, 1.807) is 24.3 Å². The van der Waals surface area contributed by atoms with E-state index in [0.29, 0.717) is 11.3 Å². The van der Waals surface area contributed by atoms with Crippen LogP contribution in [0.1, 0.15) is 52.9 Å². The van der Waals surface area contributed by atoms with Crippen molar-refractivity contribution >= 4 is 21.6 Å². The topological polar surface area (TPSA) is 66.5 Å². The Hall–Kier alpha value is -2.60. The molecule has 0 aliphatic heterocycles. The zero-order chi connectivity index (χ0) is 21.0. The van der Waals surface area contributed by atoms with Gasteiger partial charge in [0, 0.05) is 5.56 Å². The molecule has 154 valence electrons. The summed E-state index contributed by atoms with van der Waals surface area (Å²) in [4.78, 5) is 12.7. The Labute approximate surface area is 173 Å². The molecule has 0 saturated carbocycles. The molecule has 0 aromatic heterocycles. The number of hydrogen-bond donors (Lipinski definition) is 1. The first-order valence-electron chi connectivity index (χ1n) is 9.91. The molecule has 2 aromatic carbocycles. The maximum Gasteiger partial charge on any atom is 0.251 e. The molecule has 0 saturated heterocycles. The average molecular weight is 413 g/mol. The van der Waals surface area contributed by atoms with Gasteiger partial charge in [-0.1, -0.05) is 24.3 Å². The van der Waals surface area contributed by atoms with Gasteiger partial charge in [0.05, 0.1) is 24.5 Å². The van der Waals surface area contributed by atoms with Gasteiger partial charge in [0.15, 0.2) is 0 Å². The van der Waals surface area contributed by atoms with Crippen molar-refractivity contribution in [3.05, 3.63) is 77.4 Å². The molecule has 29 heavy (non-hydrogen) atoms. The highest BCUT2D eigenvalue weighted by molar-refractivity contribution is 7.92. The van der Waals surface area contributed by atoms with Crippen LogP contribution in [0.2, 0.25) is 0 Å². The van der Waals surface area contributed by atoms with E-state index in [1.807, 2.05) is 6.92 Å². The number of nitrogens with zero attached hydrogens (tertiary/aromatic N) is 1. The van der Waals surface area contributed by atoms with Gasteiger partial charge in [-0.15, -0.1) is 6.58 Å². The Morgan fingerprint density at radius 2 is 1.79 bits per heavy atom. The number of anilines is 1. The molecule has 2 aromatic rings. The molecule has 0 spiro atoms. The predicted molar refractivity (Wildman–Crippen MR) is 118 cm³/mol. The molecule has 5 nitrogen and oxygen atoms in total. The highest BCUT2D eigenvalue weighted by Crippen LogP contribution is 2.25. The fourth-order valence-electron chi connectivity index (χ4n) is 3.71. The van der Waals surface area contributed by atoms with Crippen LogP contribution < -0.4 is 9.62 Å². The lowest BCUT2D eigenvalue weighted by Gasteiger charge is -2.21. The molecule has 1 aliphatic rings. The van der Waals surface area contributed by atoms with Crippen molar-refractivity contribution in [2.45, 2.75) is 38.6 Å². The fourth-order valence-corrected chi connectivity index (χ4v) is 4.60. The van der Waals surface area contributed by atoms with Crippen LogP contribution in [-0.4, -0.2) is 27.1 Å². The van der Waals surface area contributed by atoms with Crippen LogP contribution >= 0.6 is 0 Å². The van der Waals surface area contributed by atoms with Gasteiger partial charge < -0.3 is 5.32 Å². The minimum atomic E-state index is -3.41. The quantitative estimate of drug-likeness (QED) is 0.699. The number of sulfonamides is 1. The number of carbonyl (C=O) groups excluding carboxylic acids is 1. The number of benzene rings is 2. The summed E-state index contributed by atoms with van der Waals surface area (Å²) < 4.78 is 25.1. The predicted octanol–water partition coefficient (Wildman–Crippen LogP) is 4.01. The molecule has 1 N–H and O–H groups in total. The van der Waals surface area contributed by atoms with Gasteiger partial charge in [0.2, 0.25) is 10.0 Å². The van der Waals surface area contributed by atoms with Crippen LogP contribution in [0.15, 0.2) is 55.1 Å². The van der Waals surface area contributed by atoms with Gasteiger partial charge in [-0.3, -0.25) is 9.10 Å². The number of amides is 1. The maximum atomic E-state index is 12.7. The van der Waals surface area contributed by atoms with Crippen molar-refractivity contribution in [2.75, 3.05) is 17.1 Å². The first kappa shape index (κ1) is 21.1. The summed E-state index contributed by atoms with van der Waals surface area (Å²) in [5.74, 6) is -0.184. The van der Waals surface area contributed by atoms with E-state index in [4.69, 9.17) is 0 Å². The van der Waals surface area contributed by atoms with Crippen LogP contribution in [0.5, 0.6) is 0 Å². The first-order valence-corrected chi connectivity index (χ1v) is 11.8. The van der Waals surface area contributed by atoms with Crippen molar-refractivity contribution in [2.24, 2.45) is 0 Å². The normalized spacial score (nSPS) is 14.6. The molecular weight excluding hydrogens is 384 g/mol. The summed E-state index contributed by atoms with van der Waals surface area (Å²) in [6.07, 6.45) is 7.39. The summed E-state index contributed by atoms with van der Waals surface area (Å²) in [6, 6.07) is 12.9. The summed E-state index contributed by atoms with van der Waals surface area (Å²) in [7, 11) is -3.41. The van der Waals surface area contributed by atoms with Crippen molar-refractivity contribution in [3.63, 3.8) is 0 Å². The number of carbonyl (C=O) groups is 1. The lowest BCUT2D eigenvalue weighted by Crippen LogP contribution is -2.30. The average Bonchev–Trinajstić information content (AvgIpc) is 2.71. The molecule has 1 atom stereocenters. The van der Waals surface area contributed by atoms with Crippen molar-refractivity contribution < 1.29 is 13.2 Å². The lowest BCUT2D eigenvalue weighted by atomic mass is 9.89. The van der Waals surface area contributed by atoms with Crippen LogP contribution in [0.4, 0.5) is 5.69 Å². The van der Waals surface area contributed by atoms with Gasteiger partial charge in [-0.25, -0.2) is 8.42 Å². The van der Waals surface area contributed by atoms with E-state index in [-0.39, 0.29) is 18.5 Å². The molecule has 0 radical (unpaired) electrons. The fraction of sp³-hybridized carbons (Fsp3) is 0.348. The molecule has 0 bridgehead atoms. The SMILES string of the molecule is C=CCN(c1ccc(C(=O)N[C@H](C)c2ccc3c(c2)CCCC3)cc1)S(C)(=O)=O. The number of rotatable bonds is 7. The highest BCUT2D eigenvalue weighted by atomic mass is 32.2. The summed E-state index contributed by atoms with van der Waals surface area (Å²) in [5.41, 5.74) is 4.91. The Morgan fingerprint density at radius 1 is 1.14 bits per heavy atom. The molecular formula is C23H28N2O3S. The number of nitrogens with one attached hydrogen (secondary N) is 1. The van der Waals surface area contributed by atoms with Gasteiger partial charge in [-0.05, 0) is 73.6 Å². The van der Waals surface area contributed by atoms with Crippen LogP contribution in [0.25, 0.3) is 0 Å². The minimum absolute atomic E-state index is 0.109. The second-order valence-corrected chi connectivity index (χ2v) is 9.47. The largest absolute Gasteiger partial charge is 0.346 e. The van der Waals surface area contributed by atoms with E-state index >= 15 is 0 Å². The van der Waals surface area contributed by atoms with Gasteiger partial charge in [0.1, 0.15) is 0 Å². The number of hydrogen-bond acceptors (Lipinski definition) is 3. The summed E-state index contributed by atoms with van der Waals surface area (Å²) in [5, 5.41) is 3.04. The monoisotopic (exact) mass is 412 g/mol. The van der Waals surface area contributed by atoms with Crippen LogP contribution in [-0.2, 0) is 22.9 Å². The minimum Gasteiger partial charge on any atom is -0.346 e. The van der Waals surface area contributed by atoms with Crippen molar-refractivity contribution in [3.8, 4) is 0 Å². The standard InChI is InChI=1S/C23H28N2O3S/c1-4-15-25(29(3,27)28)22-13-11-19(12-14-22)23(26)24-17(2)20-10-9-18-7-5-6-8-21(18)16-20/h4,9-14,16-17H,1,5-8,15H2,2-3H3,(H,24,26)/t17-/m1/s1. The molecule has 6 heteroatoms. The Morgan fingerprint density at radius 3 is 2.41 bits per heavy atom. The molecule has 0 unspecified atom stereocenters. The van der Waals surface area contributed by atoms with Crippen LogP contribution in [0, 0.1) is 0 Å². The zero-order valence-corrected chi connectivity index (χ0v) is 17.8. The lowest BCUT2D eigenvalue weighted by molar-refractivity contribution is 0.0940. The first-order chi connectivity index (χ1) is 13.8. The molecule has 0 heterocycles. The smallest absolute Gasteiger partial charge is 0.251 e. The van der Waals surface area contributed by atoms with E-state index in [2.05, 4.69) is 30.1 Å². The third-order valence-corrected chi connectivity index (χ3v) is 6.49. The van der Waals surface area contributed by atoms with E-state index in [0.717, 1.165) is 24.7 Å². The van der Waals surface area contributed by atoms with Gasteiger partial charge in [0.25, 0.3) is 5.91 Å². The van der Waals surface area contributed by atoms with Gasteiger partial charge >= 0.3 is 0 Å². The van der Waals surface area contributed by atoms with Crippen molar-refractivity contribution in [1.82, 2.24) is 5.32 Å². The van der Waals surface area contributed by atoms with E-state index in [1.165, 1.54) is 34.3 Å². The molecule has 1 amide bonds. The van der Waals surface area contributed by atoms with Gasteiger partial charge in [-0.2, -0.15) is 0 Å². The Kier molecular flexibility index (Phi) is 6.42. The van der Waals surface area contributed by atoms with E-state index < -0.39 is 10.0 Å². The second-order valence-electron chi connectivity index (χ2n) is 7.56. The third-order valence-electron chi connectivity index (χ3n) is 5.33. The van der Waals surface area contributed by atoms with Crippen LogP contribution in [0.3, 0.4) is 0 Å². The molecule has 0 fully saturated rings. The second kappa shape index (κ2) is 8.82. The van der Waals surface area contributed by atoms with Crippen molar-refractivity contribution in [1.29, 1.82) is 0 Å². The van der Waals surface area contributed by atoms with E-state index in [9.17, 15) is 13.2 Å². The highest BCUT2D eigenvalue weighted by Gasteiger charge is 2.18. The zero-order valence-electron chi connectivity index (χ0n) is 17.0. The Bertz CT molecular complexity index is 997.